The summed E-state index contributed by atoms with van der Waals surface area (Å²) >= 11 is 6.42. The first-order valence-corrected chi connectivity index (χ1v) is 11.8. The maximum absolute atomic E-state index is 6.42. The van der Waals surface area contributed by atoms with E-state index in [2.05, 4.69) is 88.8 Å². The molecular formula is C31H20ClN3. The number of hydrogen-bond donors (Lipinski definition) is 0. The van der Waals surface area contributed by atoms with Crippen molar-refractivity contribution in [1.82, 2.24) is 15.0 Å². The van der Waals surface area contributed by atoms with Gasteiger partial charge >= 0.3 is 0 Å². The molecule has 0 atom stereocenters. The minimum absolute atomic E-state index is 0.173. The Bertz CT molecular complexity index is 1640. The fourth-order valence-corrected chi connectivity index (χ4v) is 4.59. The zero-order valence-corrected chi connectivity index (χ0v) is 19.5. The van der Waals surface area contributed by atoms with Gasteiger partial charge in [-0.3, -0.25) is 0 Å². The highest BCUT2D eigenvalue weighted by Gasteiger charge is 2.15. The molecule has 4 heteroatoms. The molecule has 0 saturated heterocycles. The third-order valence-electron chi connectivity index (χ3n) is 6.09. The Morgan fingerprint density at radius 3 is 1.83 bits per heavy atom. The second-order valence-electron chi connectivity index (χ2n) is 8.27. The second kappa shape index (κ2) is 9.13. The van der Waals surface area contributed by atoms with Crippen LogP contribution in [0.3, 0.4) is 0 Å². The Hall–Kier alpha value is -4.34. The molecule has 35 heavy (non-hydrogen) atoms. The normalized spacial score (nSPS) is 11.0. The molecule has 0 bridgehead atoms. The Kier molecular flexibility index (Phi) is 5.53. The van der Waals surface area contributed by atoms with Crippen molar-refractivity contribution in [2.45, 2.75) is 0 Å². The molecule has 0 aliphatic rings. The lowest BCUT2D eigenvalue weighted by Gasteiger charge is -2.13. The molecule has 5 aromatic carbocycles. The van der Waals surface area contributed by atoms with Gasteiger partial charge in [0.1, 0.15) is 0 Å². The van der Waals surface area contributed by atoms with Gasteiger partial charge in [0.25, 0.3) is 0 Å². The summed E-state index contributed by atoms with van der Waals surface area (Å²) in [6.45, 7) is 0. The quantitative estimate of drug-likeness (QED) is 0.260. The van der Waals surface area contributed by atoms with Crippen LogP contribution in [0.15, 0.2) is 121 Å². The maximum atomic E-state index is 6.42. The Balaban J connectivity index is 1.52. The lowest BCUT2D eigenvalue weighted by Crippen LogP contribution is -1.98. The highest BCUT2D eigenvalue weighted by Crippen LogP contribution is 2.36. The van der Waals surface area contributed by atoms with Crippen molar-refractivity contribution in [3.05, 3.63) is 127 Å². The van der Waals surface area contributed by atoms with E-state index in [0.717, 1.165) is 44.2 Å². The van der Waals surface area contributed by atoms with Crippen molar-refractivity contribution in [2.24, 2.45) is 0 Å². The Morgan fingerprint density at radius 2 is 1.06 bits per heavy atom. The van der Waals surface area contributed by atoms with E-state index in [1.54, 1.807) is 0 Å². The van der Waals surface area contributed by atoms with Crippen LogP contribution in [0.2, 0.25) is 5.28 Å². The van der Waals surface area contributed by atoms with E-state index in [4.69, 9.17) is 16.6 Å². The molecule has 1 aromatic heterocycles. The van der Waals surface area contributed by atoms with Crippen molar-refractivity contribution in [3.63, 3.8) is 0 Å². The molecule has 166 valence electrons. The molecular weight excluding hydrogens is 450 g/mol. The molecule has 0 spiro atoms. The van der Waals surface area contributed by atoms with Gasteiger partial charge in [0, 0.05) is 11.1 Å². The minimum atomic E-state index is 0.173. The molecule has 0 N–H and O–H groups in total. The van der Waals surface area contributed by atoms with Gasteiger partial charge < -0.3 is 0 Å². The van der Waals surface area contributed by atoms with Gasteiger partial charge in [-0.15, -0.1) is 0 Å². The molecule has 0 unspecified atom stereocenters. The Morgan fingerprint density at radius 1 is 0.429 bits per heavy atom. The van der Waals surface area contributed by atoms with E-state index < -0.39 is 0 Å². The van der Waals surface area contributed by atoms with Crippen LogP contribution in [0.4, 0.5) is 0 Å². The SMILES string of the molecule is Clc1nc(-c2ccc(-c3ccccc3)c(-c3ccccc3)c2)nc(-c2cccc3ccccc23)n1. The van der Waals surface area contributed by atoms with Crippen molar-refractivity contribution in [3.8, 4) is 45.0 Å². The van der Waals surface area contributed by atoms with E-state index in [9.17, 15) is 0 Å². The minimum Gasteiger partial charge on any atom is -0.208 e. The van der Waals surface area contributed by atoms with E-state index in [0.29, 0.717) is 11.6 Å². The average molecular weight is 470 g/mol. The summed E-state index contributed by atoms with van der Waals surface area (Å²) in [5.74, 6) is 1.11. The van der Waals surface area contributed by atoms with Crippen LogP contribution in [0.25, 0.3) is 55.8 Å². The number of aromatic nitrogens is 3. The molecule has 0 aliphatic carbocycles. The van der Waals surface area contributed by atoms with Gasteiger partial charge in [-0.1, -0.05) is 115 Å². The monoisotopic (exact) mass is 469 g/mol. The fraction of sp³-hybridized carbons (Fsp3) is 0. The zero-order chi connectivity index (χ0) is 23.6. The predicted octanol–water partition coefficient (Wildman–Crippen LogP) is 8.35. The summed E-state index contributed by atoms with van der Waals surface area (Å²) in [6, 6.07) is 41.4. The van der Waals surface area contributed by atoms with Crippen LogP contribution >= 0.6 is 11.6 Å². The van der Waals surface area contributed by atoms with Crippen LogP contribution in [-0.2, 0) is 0 Å². The summed E-state index contributed by atoms with van der Waals surface area (Å²) in [4.78, 5) is 13.8. The molecule has 0 saturated carbocycles. The smallest absolute Gasteiger partial charge is 0.208 e. The molecule has 0 radical (unpaired) electrons. The second-order valence-corrected chi connectivity index (χ2v) is 8.61. The van der Waals surface area contributed by atoms with Crippen LogP contribution in [0.1, 0.15) is 0 Å². The van der Waals surface area contributed by atoms with E-state index in [-0.39, 0.29) is 5.28 Å². The fourth-order valence-electron chi connectivity index (χ4n) is 4.43. The zero-order valence-electron chi connectivity index (χ0n) is 18.8. The molecule has 0 amide bonds. The van der Waals surface area contributed by atoms with Gasteiger partial charge in [0.15, 0.2) is 11.6 Å². The van der Waals surface area contributed by atoms with Crippen molar-refractivity contribution in [2.75, 3.05) is 0 Å². The maximum Gasteiger partial charge on any atom is 0.226 e. The Labute approximate surface area is 208 Å². The summed E-state index contributed by atoms with van der Waals surface area (Å²) in [5, 5.41) is 2.38. The summed E-state index contributed by atoms with van der Waals surface area (Å²) in [7, 11) is 0. The molecule has 6 rings (SSSR count). The van der Waals surface area contributed by atoms with Crippen molar-refractivity contribution < 1.29 is 0 Å². The first-order chi connectivity index (χ1) is 17.3. The summed E-state index contributed by atoms with van der Waals surface area (Å²) in [5.41, 5.74) is 6.35. The molecule has 1 heterocycles. The predicted molar refractivity (Wildman–Crippen MR) is 144 cm³/mol. The number of benzene rings is 5. The van der Waals surface area contributed by atoms with Gasteiger partial charge in [-0.05, 0) is 50.7 Å². The highest BCUT2D eigenvalue weighted by atomic mass is 35.5. The van der Waals surface area contributed by atoms with Gasteiger partial charge in [-0.2, -0.15) is 9.97 Å². The number of hydrogen-bond acceptors (Lipinski definition) is 3. The third kappa shape index (κ3) is 4.18. The number of fused-ring (bicyclic) bond motifs is 1. The molecule has 6 aromatic rings. The van der Waals surface area contributed by atoms with Crippen LogP contribution in [-0.4, -0.2) is 15.0 Å². The lowest BCUT2D eigenvalue weighted by atomic mass is 9.92. The lowest BCUT2D eigenvalue weighted by molar-refractivity contribution is 1.07. The van der Waals surface area contributed by atoms with Crippen molar-refractivity contribution in [1.29, 1.82) is 0 Å². The highest BCUT2D eigenvalue weighted by molar-refractivity contribution is 6.28. The molecule has 3 nitrogen and oxygen atoms in total. The van der Waals surface area contributed by atoms with Crippen molar-refractivity contribution >= 4 is 22.4 Å². The van der Waals surface area contributed by atoms with Gasteiger partial charge in [0.2, 0.25) is 5.28 Å². The molecule has 0 fully saturated rings. The van der Waals surface area contributed by atoms with E-state index in [1.165, 1.54) is 0 Å². The van der Waals surface area contributed by atoms with Crippen LogP contribution < -0.4 is 0 Å². The van der Waals surface area contributed by atoms with Crippen LogP contribution in [0, 0.1) is 0 Å². The average Bonchev–Trinajstić information content (AvgIpc) is 2.93. The third-order valence-corrected chi connectivity index (χ3v) is 6.26. The first kappa shape index (κ1) is 21.2. The topological polar surface area (TPSA) is 38.7 Å². The van der Waals surface area contributed by atoms with Crippen LogP contribution in [0.5, 0.6) is 0 Å². The van der Waals surface area contributed by atoms with E-state index >= 15 is 0 Å². The molecule has 0 aliphatic heterocycles. The number of rotatable bonds is 4. The van der Waals surface area contributed by atoms with Gasteiger partial charge in [-0.25, -0.2) is 4.98 Å². The first-order valence-electron chi connectivity index (χ1n) is 11.4. The number of halogens is 1. The van der Waals surface area contributed by atoms with Gasteiger partial charge in [0.05, 0.1) is 0 Å². The summed E-state index contributed by atoms with van der Waals surface area (Å²) in [6.07, 6.45) is 0. The standard InChI is InChI=1S/C31H20ClN3/c32-31-34-29(33-30(35-31)27-17-9-15-22-14-7-8-16-25(22)27)24-18-19-26(21-10-3-1-4-11-21)28(20-24)23-12-5-2-6-13-23/h1-20H. The van der Waals surface area contributed by atoms with E-state index in [1.807, 2.05) is 42.5 Å². The summed E-state index contributed by atoms with van der Waals surface area (Å²) < 4.78 is 0. The number of nitrogens with zero attached hydrogens (tertiary/aromatic N) is 3. The largest absolute Gasteiger partial charge is 0.226 e.